The van der Waals surface area contributed by atoms with E-state index in [1.807, 2.05) is 68.4 Å². The standard InChI is InChI=1S/C24H32N4O5/c1-16(2)27-24(33)25-13-12-21(29)26-15-22(30)28-20(14-23(31)32)19-10-8-18(9-11-19)17-6-4-3-5-7-17/h3-11,16,20,22,28,30H,12-15H2,1-2H3,(H,26,29)(H,31,32)(H2,25,27,33). The smallest absolute Gasteiger partial charge is 0.315 e. The fourth-order valence-corrected chi connectivity index (χ4v) is 3.18. The molecule has 0 aliphatic heterocycles. The van der Waals surface area contributed by atoms with Crippen molar-refractivity contribution in [3.05, 3.63) is 60.2 Å². The van der Waals surface area contributed by atoms with Gasteiger partial charge in [-0.25, -0.2) is 4.79 Å². The molecular weight excluding hydrogens is 424 g/mol. The summed E-state index contributed by atoms with van der Waals surface area (Å²) in [6.07, 6.45) is -1.33. The lowest BCUT2D eigenvalue weighted by Gasteiger charge is -2.22. The molecule has 0 radical (unpaired) electrons. The van der Waals surface area contributed by atoms with Crippen LogP contribution in [0.5, 0.6) is 0 Å². The van der Waals surface area contributed by atoms with Crippen LogP contribution in [0.15, 0.2) is 54.6 Å². The minimum atomic E-state index is -1.15. The van der Waals surface area contributed by atoms with E-state index in [-0.39, 0.29) is 43.9 Å². The number of nitrogens with one attached hydrogen (secondary N) is 4. The Bertz CT molecular complexity index is 903. The third-order valence-electron chi connectivity index (χ3n) is 4.74. The van der Waals surface area contributed by atoms with E-state index in [0.717, 1.165) is 11.1 Å². The number of carboxylic acids is 1. The second kappa shape index (κ2) is 13.2. The van der Waals surface area contributed by atoms with Gasteiger partial charge in [0.2, 0.25) is 5.91 Å². The molecule has 0 bridgehead atoms. The SMILES string of the molecule is CC(C)NC(=O)NCCC(=O)NCC(O)NC(CC(=O)O)c1ccc(-c2ccccc2)cc1. The van der Waals surface area contributed by atoms with Gasteiger partial charge in [0.1, 0.15) is 6.23 Å². The molecule has 0 aromatic heterocycles. The molecule has 2 atom stereocenters. The van der Waals surface area contributed by atoms with E-state index in [0.29, 0.717) is 5.56 Å². The third kappa shape index (κ3) is 9.71. The normalized spacial score (nSPS) is 12.6. The zero-order valence-electron chi connectivity index (χ0n) is 18.9. The van der Waals surface area contributed by atoms with Crippen LogP contribution in [0.25, 0.3) is 11.1 Å². The Kier molecular flexibility index (Phi) is 10.3. The zero-order chi connectivity index (χ0) is 24.2. The molecule has 2 rings (SSSR count). The topological polar surface area (TPSA) is 140 Å². The maximum absolute atomic E-state index is 11.9. The van der Waals surface area contributed by atoms with Crippen LogP contribution in [0.3, 0.4) is 0 Å². The molecule has 0 aliphatic carbocycles. The number of aliphatic hydroxyl groups is 1. The average molecular weight is 457 g/mol. The minimum absolute atomic E-state index is 0.00617. The summed E-state index contributed by atoms with van der Waals surface area (Å²) in [6, 6.07) is 16.2. The van der Waals surface area contributed by atoms with Gasteiger partial charge in [-0.05, 0) is 30.5 Å². The molecule has 2 unspecified atom stereocenters. The van der Waals surface area contributed by atoms with Gasteiger partial charge in [0.15, 0.2) is 0 Å². The molecule has 0 aliphatic rings. The Morgan fingerprint density at radius 3 is 2.15 bits per heavy atom. The third-order valence-corrected chi connectivity index (χ3v) is 4.74. The molecule has 2 aromatic carbocycles. The first-order valence-electron chi connectivity index (χ1n) is 10.9. The van der Waals surface area contributed by atoms with E-state index in [2.05, 4.69) is 21.3 Å². The predicted molar refractivity (Wildman–Crippen MR) is 125 cm³/mol. The summed E-state index contributed by atoms with van der Waals surface area (Å²) in [4.78, 5) is 34.8. The van der Waals surface area contributed by atoms with Crippen LogP contribution in [-0.2, 0) is 9.59 Å². The van der Waals surface area contributed by atoms with E-state index in [4.69, 9.17) is 0 Å². The van der Waals surface area contributed by atoms with Crippen LogP contribution >= 0.6 is 0 Å². The van der Waals surface area contributed by atoms with Crippen LogP contribution in [-0.4, -0.2) is 53.5 Å². The number of carbonyl (C=O) groups is 3. The Morgan fingerprint density at radius 1 is 0.909 bits per heavy atom. The van der Waals surface area contributed by atoms with Crippen molar-refractivity contribution in [3.8, 4) is 11.1 Å². The molecule has 0 spiro atoms. The van der Waals surface area contributed by atoms with Crippen molar-refractivity contribution >= 4 is 17.9 Å². The summed E-state index contributed by atoms with van der Waals surface area (Å²) in [6.45, 7) is 3.71. The second-order valence-corrected chi connectivity index (χ2v) is 7.93. The molecule has 9 nitrogen and oxygen atoms in total. The number of carboxylic acid groups (broad SMARTS) is 1. The van der Waals surface area contributed by atoms with Crippen LogP contribution in [0.1, 0.15) is 38.3 Å². The molecule has 0 fully saturated rings. The number of hydrogen-bond donors (Lipinski definition) is 6. The van der Waals surface area contributed by atoms with Gasteiger partial charge in [0.25, 0.3) is 0 Å². The maximum Gasteiger partial charge on any atom is 0.315 e. The molecule has 0 saturated heterocycles. The van der Waals surface area contributed by atoms with Crippen LogP contribution in [0.4, 0.5) is 4.79 Å². The number of aliphatic carboxylic acids is 1. The second-order valence-electron chi connectivity index (χ2n) is 7.93. The number of urea groups is 1. The summed E-state index contributed by atoms with van der Waals surface area (Å²) in [5.41, 5.74) is 2.76. The predicted octanol–water partition coefficient (Wildman–Crippen LogP) is 1.99. The van der Waals surface area contributed by atoms with Gasteiger partial charge in [-0.3, -0.25) is 14.9 Å². The fraction of sp³-hybridized carbons (Fsp3) is 0.375. The highest BCUT2D eigenvalue weighted by Crippen LogP contribution is 2.23. The van der Waals surface area contributed by atoms with Crippen molar-refractivity contribution in [2.24, 2.45) is 0 Å². The number of rotatable bonds is 12. The van der Waals surface area contributed by atoms with E-state index < -0.39 is 18.2 Å². The molecule has 9 heteroatoms. The Labute approximate surface area is 193 Å². The Morgan fingerprint density at radius 2 is 1.55 bits per heavy atom. The van der Waals surface area contributed by atoms with Crippen molar-refractivity contribution in [1.29, 1.82) is 0 Å². The monoisotopic (exact) mass is 456 g/mol. The van der Waals surface area contributed by atoms with Crippen molar-refractivity contribution < 1.29 is 24.6 Å². The fourth-order valence-electron chi connectivity index (χ4n) is 3.18. The lowest BCUT2D eigenvalue weighted by molar-refractivity contribution is -0.138. The quantitative estimate of drug-likeness (QED) is 0.270. The molecule has 178 valence electrons. The highest BCUT2D eigenvalue weighted by molar-refractivity contribution is 5.78. The van der Waals surface area contributed by atoms with Gasteiger partial charge in [0.05, 0.1) is 13.0 Å². The van der Waals surface area contributed by atoms with Crippen LogP contribution < -0.4 is 21.3 Å². The summed E-state index contributed by atoms with van der Waals surface area (Å²) < 4.78 is 0. The molecule has 33 heavy (non-hydrogen) atoms. The van der Waals surface area contributed by atoms with Crippen molar-refractivity contribution in [3.63, 3.8) is 0 Å². The number of amides is 3. The molecule has 0 saturated carbocycles. The first kappa shape index (κ1) is 25.8. The number of aliphatic hydroxyl groups excluding tert-OH is 1. The van der Waals surface area contributed by atoms with E-state index in [1.165, 1.54) is 0 Å². The highest BCUT2D eigenvalue weighted by atomic mass is 16.4. The maximum atomic E-state index is 11.9. The van der Waals surface area contributed by atoms with Gasteiger partial charge in [-0.15, -0.1) is 0 Å². The summed E-state index contributed by atoms with van der Waals surface area (Å²) in [5, 5.41) is 30.2. The van der Waals surface area contributed by atoms with Gasteiger partial charge in [-0.1, -0.05) is 54.6 Å². The van der Waals surface area contributed by atoms with Gasteiger partial charge in [-0.2, -0.15) is 0 Å². The number of benzene rings is 2. The number of carbonyl (C=O) groups excluding carboxylic acids is 2. The lowest BCUT2D eigenvalue weighted by Crippen LogP contribution is -2.44. The van der Waals surface area contributed by atoms with E-state index >= 15 is 0 Å². The summed E-state index contributed by atoms with van der Waals surface area (Å²) in [5.74, 6) is -1.36. The minimum Gasteiger partial charge on any atom is -0.481 e. The highest BCUT2D eigenvalue weighted by Gasteiger charge is 2.19. The zero-order valence-corrected chi connectivity index (χ0v) is 18.9. The molecule has 2 aromatic rings. The molecule has 0 heterocycles. The Hall–Kier alpha value is -3.43. The van der Waals surface area contributed by atoms with Gasteiger partial charge in [0, 0.05) is 25.0 Å². The Balaban J connectivity index is 1.86. The first-order valence-corrected chi connectivity index (χ1v) is 10.9. The number of hydrogen-bond acceptors (Lipinski definition) is 5. The molecule has 3 amide bonds. The van der Waals surface area contributed by atoms with Gasteiger partial charge >= 0.3 is 12.0 Å². The van der Waals surface area contributed by atoms with Crippen molar-refractivity contribution in [2.45, 2.75) is 45.0 Å². The lowest BCUT2D eigenvalue weighted by atomic mass is 9.99. The van der Waals surface area contributed by atoms with Crippen molar-refractivity contribution in [1.82, 2.24) is 21.3 Å². The first-order chi connectivity index (χ1) is 15.7. The van der Waals surface area contributed by atoms with E-state index in [9.17, 15) is 24.6 Å². The van der Waals surface area contributed by atoms with E-state index in [1.54, 1.807) is 0 Å². The van der Waals surface area contributed by atoms with Gasteiger partial charge < -0.3 is 26.2 Å². The van der Waals surface area contributed by atoms with Crippen molar-refractivity contribution in [2.75, 3.05) is 13.1 Å². The summed E-state index contributed by atoms with van der Waals surface area (Å²) >= 11 is 0. The van der Waals surface area contributed by atoms with Crippen LogP contribution in [0, 0.1) is 0 Å². The molecule has 6 N–H and O–H groups in total. The summed E-state index contributed by atoms with van der Waals surface area (Å²) in [7, 11) is 0. The molecular formula is C24H32N4O5. The largest absolute Gasteiger partial charge is 0.481 e. The average Bonchev–Trinajstić information content (AvgIpc) is 2.77. The van der Waals surface area contributed by atoms with Crippen LogP contribution in [0.2, 0.25) is 0 Å².